The van der Waals surface area contributed by atoms with Gasteiger partial charge in [0.1, 0.15) is 11.8 Å². The minimum atomic E-state index is -0.925. The van der Waals surface area contributed by atoms with Gasteiger partial charge in [0.2, 0.25) is 0 Å². The minimum absolute atomic E-state index is 0.000370. The maximum absolute atomic E-state index is 11.0. The lowest BCUT2D eigenvalue weighted by molar-refractivity contribution is -0.142. The van der Waals surface area contributed by atoms with Gasteiger partial charge in [0.15, 0.2) is 0 Å². The van der Waals surface area contributed by atoms with Crippen molar-refractivity contribution < 1.29 is 14.6 Å². The van der Waals surface area contributed by atoms with Crippen LogP contribution in [0, 0.1) is 0 Å². The minimum Gasteiger partial charge on any atom is -0.508 e. The van der Waals surface area contributed by atoms with Crippen molar-refractivity contribution in [3.63, 3.8) is 0 Å². The van der Waals surface area contributed by atoms with Crippen molar-refractivity contribution in [2.75, 3.05) is 7.11 Å². The lowest BCUT2D eigenvalue weighted by Gasteiger charge is -2.10. The number of phenols is 1. The molecule has 4 heteroatoms. The summed E-state index contributed by atoms with van der Waals surface area (Å²) in [5.74, 6) is -0.568. The number of benzene rings is 1. The second-order valence-corrected chi connectivity index (χ2v) is 2.56. The molecule has 1 atom stereocenters. The molecule has 0 unspecified atom stereocenters. The van der Waals surface area contributed by atoms with E-state index in [1.54, 1.807) is 18.2 Å². The Balaban J connectivity index is 2.95. The van der Waals surface area contributed by atoms with Gasteiger partial charge in [-0.05, 0) is 6.07 Å². The molecule has 13 heavy (non-hydrogen) atoms. The first-order chi connectivity index (χ1) is 6.16. The molecule has 0 heterocycles. The maximum Gasteiger partial charge on any atom is 0.327 e. The van der Waals surface area contributed by atoms with Crippen LogP contribution in [0.4, 0.5) is 0 Å². The third-order valence-electron chi connectivity index (χ3n) is 1.73. The van der Waals surface area contributed by atoms with Gasteiger partial charge in [0, 0.05) is 5.56 Å². The molecule has 0 aromatic heterocycles. The zero-order valence-electron chi connectivity index (χ0n) is 7.23. The number of aromatic hydroxyl groups is 1. The Labute approximate surface area is 75.9 Å². The van der Waals surface area contributed by atoms with E-state index >= 15 is 0 Å². The zero-order chi connectivity index (χ0) is 9.84. The number of esters is 1. The van der Waals surface area contributed by atoms with E-state index in [1.807, 2.05) is 0 Å². The van der Waals surface area contributed by atoms with Crippen LogP contribution in [0.5, 0.6) is 5.75 Å². The van der Waals surface area contributed by atoms with Crippen molar-refractivity contribution in [3.8, 4) is 5.75 Å². The first-order valence-corrected chi connectivity index (χ1v) is 3.78. The van der Waals surface area contributed by atoms with Crippen LogP contribution in [0.25, 0.3) is 0 Å². The highest BCUT2D eigenvalue weighted by atomic mass is 16.5. The van der Waals surface area contributed by atoms with Gasteiger partial charge in [-0.25, -0.2) is 0 Å². The molecule has 1 rings (SSSR count). The monoisotopic (exact) mass is 181 g/mol. The van der Waals surface area contributed by atoms with Crippen molar-refractivity contribution in [2.24, 2.45) is 5.73 Å². The van der Waals surface area contributed by atoms with Gasteiger partial charge in [-0.3, -0.25) is 4.79 Å². The smallest absolute Gasteiger partial charge is 0.327 e. The third-order valence-corrected chi connectivity index (χ3v) is 1.73. The van der Waals surface area contributed by atoms with E-state index in [2.05, 4.69) is 4.74 Å². The van der Waals surface area contributed by atoms with Crippen LogP contribution in [0.15, 0.2) is 24.3 Å². The highest BCUT2D eigenvalue weighted by Gasteiger charge is 2.18. The highest BCUT2D eigenvalue weighted by Crippen LogP contribution is 2.22. The number of nitrogens with two attached hydrogens (primary N) is 1. The molecule has 70 valence electrons. The summed E-state index contributed by atoms with van der Waals surface area (Å²) in [6, 6.07) is 5.47. The molecule has 0 amide bonds. The topological polar surface area (TPSA) is 72.5 Å². The van der Waals surface area contributed by atoms with E-state index in [4.69, 9.17) is 5.73 Å². The first-order valence-electron chi connectivity index (χ1n) is 3.78. The zero-order valence-corrected chi connectivity index (χ0v) is 7.23. The largest absolute Gasteiger partial charge is 0.508 e. The molecule has 0 saturated carbocycles. The molecular weight excluding hydrogens is 170 g/mol. The molecule has 0 radical (unpaired) electrons. The number of methoxy groups -OCH3 is 1. The third kappa shape index (κ3) is 1.97. The fourth-order valence-electron chi connectivity index (χ4n) is 1.00. The molecule has 0 saturated heterocycles. The van der Waals surface area contributed by atoms with Crippen LogP contribution < -0.4 is 5.73 Å². The Morgan fingerprint density at radius 3 is 2.69 bits per heavy atom. The Bertz CT molecular complexity index is 311. The van der Waals surface area contributed by atoms with Crippen LogP contribution >= 0.6 is 0 Å². The molecule has 4 nitrogen and oxygen atoms in total. The van der Waals surface area contributed by atoms with Crippen LogP contribution in [0.1, 0.15) is 11.6 Å². The predicted molar refractivity (Wildman–Crippen MR) is 47.1 cm³/mol. The van der Waals surface area contributed by atoms with Crippen LogP contribution in [0.3, 0.4) is 0 Å². The van der Waals surface area contributed by atoms with Gasteiger partial charge in [0.05, 0.1) is 7.11 Å². The predicted octanol–water partition coefficient (Wildman–Crippen LogP) is 0.565. The van der Waals surface area contributed by atoms with E-state index < -0.39 is 12.0 Å². The van der Waals surface area contributed by atoms with Gasteiger partial charge >= 0.3 is 5.97 Å². The fraction of sp³-hybridized carbons (Fsp3) is 0.222. The molecule has 0 fully saturated rings. The molecule has 1 aromatic carbocycles. The summed E-state index contributed by atoms with van der Waals surface area (Å²) in [4.78, 5) is 11.0. The average molecular weight is 181 g/mol. The second kappa shape index (κ2) is 3.91. The standard InChI is InChI=1S/C9H11NO3/c1-13-9(12)8(10)6-4-2-3-5-7(6)11/h2-5,8,11H,10H2,1H3/t8-/m1/s1. The summed E-state index contributed by atoms with van der Waals surface area (Å²) in [6.45, 7) is 0. The molecule has 1 aromatic rings. The number of phenolic OH excluding ortho intramolecular Hbond substituents is 1. The maximum atomic E-state index is 11.0. The average Bonchev–Trinajstić information content (AvgIpc) is 2.16. The number of para-hydroxylation sites is 1. The van der Waals surface area contributed by atoms with Gasteiger partial charge < -0.3 is 15.6 Å². The van der Waals surface area contributed by atoms with Crippen molar-refractivity contribution in [1.29, 1.82) is 0 Å². The molecule has 3 N–H and O–H groups in total. The molecule has 0 aliphatic rings. The van der Waals surface area contributed by atoms with Crippen molar-refractivity contribution in [3.05, 3.63) is 29.8 Å². The lowest BCUT2D eigenvalue weighted by Crippen LogP contribution is -2.22. The Morgan fingerprint density at radius 2 is 2.15 bits per heavy atom. The van der Waals surface area contributed by atoms with Crippen molar-refractivity contribution in [2.45, 2.75) is 6.04 Å². The van der Waals surface area contributed by atoms with E-state index in [1.165, 1.54) is 13.2 Å². The molecule has 0 spiro atoms. The Hall–Kier alpha value is -1.55. The Kier molecular flexibility index (Phi) is 2.87. The summed E-state index contributed by atoms with van der Waals surface area (Å²) < 4.78 is 4.45. The lowest BCUT2D eigenvalue weighted by atomic mass is 10.1. The number of rotatable bonds is 2. The summed E-state index contributed by atoms with van der Waals surface area (Å²) in [6.07, 6.45) is 0. The van der Waals surface area contributed by atoms with Gasteiger partial charge in [0.25, 0.3) is 0 Å². The van der Waals surface area contributed by atoms with Gasteiger partial charge in [-0.15, -0.1) is 0 Å². The SMILES string of the molecule is COC(=O)[C@H](N)c1ccccc1O. The normalized spacial score (nSPS) is 12.2. The molecular formula is C9H11NO3. The quantitative estimate of drug-likeness (QED) is 0.654. The molecule has 0 aliphatic carbocycles. The van der Waals surface area contributed by atoms with E-state index in [0.29, 0.717) is 5.56 Å². The number of ether oxygens (including phenoxy) is 1. The van der Waals surface area contributed by atoms with Gasteiger partial charge in [-0.2, -0.15) is 0 Å². The summed E-state index contributed by atoms with van der Waals surface area (Å²) in [5, 5.41) is 9.34. The highest BCUT2D eigenvalue weighted by molar-refractivity contribution is 5.78. The van der Waals surface area contributed by atoms with Crippen LogP contribution in [-0.2, 0) is 9.53 Å². The number of carbonyl (C=O) groups excluding carboxylic acids is 1. The second-order valence-electron chi connectivity index (χ2n) is 2.56. The van der Waals surface area contributed by atoms with Crippen molar-refractivity contribution >= 4 is 5.97 Å². The molecule has 0 aliphatic heterocycles. The van der Waals surface area contributed by atoms with Crippen LogP contribution in [-0.4, -0.2) is 18.2 Å². The summed E-state index contributed by atoms with van der Waals surface area (Å²) >= 11 is 0. The number of hydrogen-bond acceptors (Lipinski definition) is 4. The van der Waals surface area contributed by atoms with E-state index in [9.17, 15) is 9.90 Å². The fourth-order valence-corrected chi connectivity index (χ4v) is 1.00. The number of carbonyl (C=O) groups is 1. The number of hydrogen-bond donors (Lipinski definition) is 2. The summed E-state index contributed by atoms with van der Waals surface area (Å²) in [5.41, 5.74) is 5.89. The molecule has 0 bridgehead atoms. The Morgan fingerprint density at radius 1 is 1.54 bits per heavy atom. The van der Waals surface area contributed by atoms with Crippen LogP contribution in [0.2, 0.25) is 0 Å². The summed E-state index contributed by atoms with van der Waals surface area (Å²) in [7, 11) is 1.25. The van der Waals surface area contributed by atoms with E-state index in [0.717, 1.165) is 0 Å². The first kappa shape index (κ1) is 9.54. The van der Waals surface area contributed by atoms with Crippen molar-refractivity contribution in [1.82, 2.24) is 0 Å². The van der Waals surface area contributed by atoms with Gasteiger partial charge in [-0.1, -0.05) is 18.2 Å². The van der Waals surface area contributed by atoms with E-state index in [-0.39, 0.29) is 5.75 Å².